The molecule has 1 amide bonds. The summed E-state index contributed by atoms with van der Waals surface area (Å²) < 4.78 is 6.37. The predicted molar refractivity (Wildman–Crippen MR) is 80.6 cm³/mol. The molecule has 4 nitrogen and oxygen atoms in total. The van der Waals surface area contributed by atoms with Gasteiger partial charge in [0.05, 0.1) is 11.8 Å². The number of rotatable bonds is 2. The number of fused-ring (bicyclic) bond motifs is 1. The minimum Gasteiger partial charge on any atom is -0.462 e. The molecule has 2 aliphatic carbocycles. The topological polar surface area (TPSA) is 55.4 Å². The summed E-state index contributed by atoms with van der Waals surface area (Å²) in [5.41, 5.74) is 1.82. The van der Waals surface area contributed by atoms with Gasteiger partial charge in [-0.25, -0.2) is 0 Å². The van der Waals surface area contributed by atoms with E-state index in [4.69, 9.17) is 4.74 Å². The minimum absolute atomic E-state index is 0.0322. The van der Waals surface area contributed by atoms with Crippen molar-refractivity contribution in [2.45, 2.75) is 25.9 Å². The van der Waals surface area contributed by atoms with Crippen LogP contribution in [-0.4, -0.2) is 18.0 Å². The summed E-state index contributed by atoms with van der Waals surface area (Å²) in [6.07, 6.45) is 1.88. The van der Waals surface area contributed by atoms with Crippen LogP contribution in [0.2, 0.25) is 0 Å². The fourth-order valence-corrected chi connectivity index (χ4v) is 4.82. The second kappa shape index (κ2) is 4.57. The molecule has 21 heavy (non-hydrogen) atoms. The van der Waals surface area contributed by atoms with Crippen molar-refractivity contribution < 1.29 is 14.3 Å². The maximum atomic E-state index is 12.6. The molecule has 5 atom stereocenters. The zero-order chi connectivity index (χ0) is 14.7. The second-order valence-corrected chi connectivity index (χ2v) is 7.29. The molecule has 2 bridgehead atoms. The first-order chi connectivity index (χ1) is 10.0. The van der Waals surface area contributed by atoms with Crippen molar-refractivity contribution >= 4 is 33.5 Å². The summed E-state index contributed by atoms with van der Waals surface area (Å²) in [6, 6.07) is 5.76. The van der Waals surface area contributed by atoms with Gasteiger partial charge in [-0.3, -0.25) is 9.59 Å². The molecule has 0 aromatic heterocycles. The number of carbonyl (C=O) groups is 2. The van der Waals surface area contributed by atoms with E-state index in [0.717, 1.165) is 28.6 Å². The summed E-state index contributed by atoms with van der Waals surface area (Å²) in [5, 5.41) is 3.00. The van der Waals surface area contributed by atoms with Crippen LogP contribution in [0.4, 0.5) is 5.69 Å². The number of ether oxygens (including phenoxy) is 1. The van der Waals surface area contributed by atoms with Gasteiger partial charge < -0.3 is 10.1 Å². The largest absolute Gasteiger partial charge is 0.462 e. The van der Waals surface area contributed by atoms with E-state index < -0.39 is 0 Å². The number of esters is 1. The minimum atomic E-state index is -0.218. The van der Waals surface area contributed by atoms with Gasteiger partial charge in [0.15, 0.2) is 0 Å². The monoisotopic (exact) mass is 349 g/mol. The fourth-order valence-electron chi connectivity index (χ4n) is 4.35. The van der Waals surface area contributed by atoms with Crippen molar-refractivity contribution in [3.8, 4) is 0 Å². The molecule has 4 rings (SSSR count). The maximum absolute atomic E-state index is 12.6. The second-order valence-electron chi connectivity index (χ2n) is 6.37. The number of nitrogens with one attached hydrogen (secondary N) is 1. The van der Waals surface area contributed by atoms with Crippen molar-refractivity contribution in [2.24, 2.45) is 23.7 Å². The number of halogens is 1. The van der Waals surface area contributed by atoms with Crippen LogP contribution in [0.1, 0.15) is 18.4 Å². The third-order valence-corrected chi connectivity index (χ3v) is 5.73. The van der Waals surface area contributed by atoms with Gasteiger partial charge in [-0.05, 0) is 49.4 Å². The molecule has 1 saturated heterocycles. The molecule has 0 radical (unpaired) electrons. The standard InChI is InChI=1S/C16H16BrNO3/c1-7-4-9(17)2-3-11(7)18-15(19)13-8-5-10-12(6-8)21-16(20)14(10)13/h2-4,8,10,12-14H,5-6H2,1H3,(H,18,19)/t8-,10-,12-,13+,14+/m1/s1. The smallest absolute Gasteiger partial charge is 0.310 e. The number of hydrogen-bond acceptors (Lipinski definition) is 3. The van der Waals surface area contributed by atoms with E-state index in [1.54, 1.807) is 0 Å². The quantitative estimate of drug-likeness (QED) is 0.835. The van der Waals surface area contributed by atoms with Crippen LogP contribution in [0.25, 0.3) is 0 Å². The molecule has 1 aliphatic heterocycles. The molecule has 2 saturated carbocycles. The molecular weight excluding hydrogens is 334 g/mol. The van der Waals surface area contributed by atoms with Gasteiger partial charge in [0.2, 0.25) is 5.91 Å². The van der Waals surface area contributed by atoms with Gasteiger partial charge in [-0.2, -0.15) is 0 Å². The average molecular weight is 350 g/mol. The van der Waals surface area contributed by atoms with E-state index in [2.05, 4.69) is 21.2 Å². The van der Waals surface area contributed by atoms with Crippen molar-refractivity contribution in [3.05, 3.63) is 28.2 Å². The average Bonchev–Trinajstić information content (AvgIpc) is 3.02. The van der Waals surface area contributed by atoms with Crippen LogP contribution in [0.3, 0.4) is 0 Å². The molecule has 1 aromatic rings. The number of aryl methyl sites for hydroxylation is 1. The number of benzene rings is 1. The molecule has 110 valence electrons. The fraction of sp³-hybridized carbons (Fsp3) is 0.500. The molecule has 5 heteroatoms. The van der Waals surface area contributed by atoms with Crippen LogP contribution >= 0.6 is 15.9 Å². The van der Waals surface area contributed by atoms with Gasteiger partial charge in [0.25, 0.3) is 0 Å². The highest BCUT2D eigenvalue weighted by Gasteiger charge is 2.63. The van der Waals surface area contributed by atoms with Gasteiger partial charge in [0, 0.05) is 16.1 Å². The van der Waals surface area contributed by atoms with Crippen LogP contribution in [0.5, 0.6) is 0 Å². The zero-order valence-electron chi connectivity index (χ0n) is 11.6. The highest BCUT2D eigenvalue weighted by atomic mass is 79.9. The first-order valence-electron chi connectivity index (χ1n) is 7.32. The third kappa shape index (κ3) is 1.94. The molecule has 3 fully saturated rings. The van der Waals surface area contributed by atoms with E-state index in [-0.39, 0.29) is 35.7 Å². The van der Waals surface area contributed by atoms with E-state index in [0.29, 0.717) is 5.92 Å². The summed E-state index contributed by atoms with van der Waals surface area (Å²) in [5.74, 6) is -0.0711. The van der Waals surface area contributed by atoms with Crippen molar-refractivity contribution in [1.82, 2.24) is 0 Å². The van der Waals surface area contributed by atoms with E-state index in [1.807, 2.05) is 25.1 Å². The van der Waals surface area contributed by atoms with Crippen molar-refractivity contribution in [2.75, 3.05) is 5.32 Å². The van der Waals surface area contributed by atoms with Crippen LogP contribution in [-0.2, 0) is 14.3 Å². The molecular formula is C16H16BrNO3. The summed E-state index contributed by atoms with van der Waals surface area (Å²) in [7, 11) is 0. The Morgan fingerprint density at radius 1 is 1.38 bits per heavy atom. The summed E-state index contributed by atoms with van der Waals surface area (Å²) in [6.45, 7) is 1.96. The molecule has 0 spiro atoms. The molecule has 1 N–H and O–H groups in total. The number of carbonyl (C=O) groups excluding carboxylic acids is 2. The number of anilines is 1. The lowest BCUT2D eigenvalue weighted by Gasteiger charge is -2.24. The Balaban J connectivity index is 1.57. The van der Waals surface area contributed by atoms with E-state index in [1.165, 1.54) is 0 Å². The number of amides is 1. The molecule has 0 unspecified atom stereocenters. The SMILES string of the molecule is Cc1cc(Br)ccc1NC(=O)[C@H]1[C@@H]2C[C@H]3[C@@H]1C(=O)O[C@@H]3C2. The highest BCUT2D eigenvalue weighted by molar-refractivity contribution is 9.10. The molecule has 1 aromatic carbocycles. The molecule has 1 heterocycles. The lowest BCUT2D eigenvalue weighted by Crippen LogP contribution is -2.36. The van der Waals surface area contributed by atoms with E-state index in [9.17, 15) is 9.59 Å². The normalized spacial score (nSPS) is 35.9. The van der Waals surface area contributed by atoms with Crippen LogP contribution in [0, 0.1) is 30.6 Å². The molecule has 3 aliphatic rings. The van der Waals surface area contributed by atoms with Crippen molar-refractivity contribution in [3.63, 3.8) is 0 Å². The highest BCUT2D eigenvalue weighted by Crippen LogP contribution is 2.57. The first kappa shape index (κ1) is 13.3. The summed E-state index contributed by atoms with van der Waals surface area (Å²) in [4.78, 5) is 24.6. The van der Waals surface area contributed by atoms with Crippen molar-refractivity contribution in [1.29, 1.82) is 0 Å². The van der Waals surface area contributed by atoms with Gasteiger partial charge in [-0.1, -0.05) is 15.9 Å². The predicted octanol–water partition coefficient (Wildman–Crippen LogP) is 2.89. The van der Waals surface area contributed by atoms with Crippen LogP contribution < -0.4 is 5.32 Å². The summed E-state index contributed by atoms with van der Waals surface area (Å²) >= 11 is 3.42. The number of hydrogen-bond donors (Lipinski definition) is 1. The Morgan fingerprint density at radius 3 is 2.95 bits per heavy atom. The van der Waals surface area contributed by atoms with E-state index >= 15 is 0 Å². The van der Waals surface area contributed by atoms with Gasteiger partial charge in [-0.15, -0.1) is 0 Å². The van der Waals surface area contributed by atoms with Gasteiger partial charge >= 0.3 is 5.97 Å². The third-order valence-electron chi connectivity index (χ3n) is 5.23. The maximum Gasteiger partial charge on any atom is 0.310 e. The Kier molecular flexibility index (Phi) is 2.89. The lowest BCUT2D eigenvalue weighted by molar-refractivity contribution is -0.145. The Bertz CT molecular complexity index is 642. The van der Waals surface area contributed by atoms with Crippen LogP contribution in [0.15, 0.2) is 22.7 Å². The Hall–Kier alpha value is -1.36. The van der Waals surface area contributed by atoms with Gasteiger partial charge in [0.1, 0.15) is 6.10 Å². The Labute approximate surface area is 131 Å². The first-order valence-corrected chi connectivity index (χ1v) is 8.11. The lowest BCUT2D eigenvalue weighted by atomic mass is 9.79. The zero-order valence-corrected chi connectivity index (χ0v) is 13.2. The Morgan fingerprint density at radius 2 is 2.19 bits per heavy atom.